The van der Waals surface area contributed by atoms with Crippen LogP contribution in [0.4, 0.5) is 5.69 Å². The summed E-state index contributed by atoms with van der Waals surface area (Å²) >= 11 is 0. The number of carbonyl (C=O) groups excluding carboxylic acids is 1. The normalized spacial score (nSPS) is 17.7. The van der Waals surface area contributed by atoms with Gasteiger partial charge in [0.05, 0.1) is 17.1 Å². The largest absolute Gasteiger partial charge is 0.484 e. The lowest BCUT2D eigenvalue weighted by Gasteiger charge is -2.11. The minimum atomic E-state index is -0.510. The maximum absolute atomic E-state index is 11.6. The van der Waals surface area contributed by atoms with Gasteiger partial charge in [0.25, 0.3) is 11.6 Å². The maximum Gasteiger partial charge on any atom is 0.273 e. The summed E-state index contributed by atoms with van der Waals surface area (Å²) in [4.78, 5) is 21.7. The number of hydrogen-bond donors (Lipinski definition) is 1. The Balaban J connectivity index is 1.75. The quantitative estimate of drug-likeness (QED) is 0.626. The van der Waals surface area contributed by atoms with Crippen molar-refractivity contribution in [3.8, 4) is 5.75 Å². The maximum atomic E-state index is 11.6. The van der Waals surface area contributed by atoms with E-state index >= 15 is 0 Å². The molecule has 0 saturated carbocycles. The van der Waals surface area contributed by atoms with E-state index in [1.807, 2.05) is 0 Å². The van der Waals surface area contributed by atoms with Gasteiger partial charge in [-0.2, -0.15) is 0 Å². The predicted octanol–water partition coefficient (Wildman–Crippen LogP) is 1.27. The number of hydrogen-bond acceptors (Lipinski definition) is 5. The summed E-state index contributed by atoms with van der Waals surface area (Å²) in [6.45, 7) is 1.04. The average Bonchev–Trinajstić information content (AvgIpc) is 2.96. The van der Waals surface area contributed by atoms with Gasteiger partial charge in [0.15, 0.2) is 6.61 Å². The van der Waals surface area contributed by atoms with Gasteiger partial charge in [0, 0.05) is 19.2 Å². The topological polar surface area (TPSA) is 90.7 Å². The molecule has 1 aromatic carbocycles. The molecule has 1 atom stereocenters. The lowest BCUT2D eigenvalue weighted by Crippen LogP contribution is -2.35. The SMILES string of the molecule is O=C(COc1cccc([N+](=O)[O-])c1)NC[C@@H]1CCCO1. The van der Waals surface area contributed by atoms with Crippen molar-refractivity contribution in [2.75, 3.05) is 19.8 Å². The third-order valence-electron chi connectivity index (χ3n) is 2.95. The number of nitro benzene ring substituents is 1. The number of amides is 1. The first kappa shape index (κ1) is 14.3. The highest BCUT2D eigenvalue weighted by Gasteiger charge is 2.16. The average molecular weight is 280 g/mol. The first-order valence-corrected chi connectivity index (χ1v) is 6.41. The van der Waals surface area contributed by atoms with Crippen molar-refractivity contribution in [2.45, 2.75) is 18.9 Å². The summed E-state index contributed by atoms with van der Waals surface area (Å²) in [5.74, 6) is 0.0264. The fourth-order valence-corrected chi connectivity index (χ4v) is 1.92. The number of benzene rings is 1. The van der Waals surface area contributed by atoms with Crippen LogP contribution in [0.15, 0.2) is 24.3 Å². The Hall–Kier alpha value is -2.15. The van der Waals surface area contributed by atoms with E-state index in [-0.39, 0.29) is 24.3 Å². The van der Waals surface area contributed by atoms with Gasteiger partial charge in [-0.15, -0.1) is 0 Å². The van der Waals surface area contributed by atoms with E-state index in [0.717, 1.165) is 19.4 Å². The summed E-state index contributed by atoms with van der Waals surface area (Å²) < 4.78 is 10.6. The summed E-state index contributed by atoms with van der Waals surface area (Å²) in [5, 5.41) is 13.3. The van der Waals surface area contributed by atoms with Crippen molar-refractivity contribution in [2.24, 2.45) is 0 Å². The van der Waals surface area contributed by atoms with Crippen LogP contribution in [0.3, 0.4) is 0 Å². The number of nitro groups is 1. The molecule has 108 valence electrons. The second-order valence-electron chi connectivity index (χ2n) is 4.48. The molecule has 20 heavy (non-hydrogen) atoms. The number of carbonyl (C=O) groups is 1. The molecule has 0 bridgehead atoms. The molecule has 1 heterocycles. The fourth-order valence-electron chi connectivity index (χ4n) is 1.92. The number of non-ortho nitro benzene ring substituents is 1. The minimum Gasteiger partial charge on any atom is -0.484 e. The van der Waals surface area contributed by atoms with E-state index < -0.39 is 4.92 Å². The Morgan fingerprint density at radius 3 is 3.10 bits per heavy atom. The van der Waals surface area contributed by atoms with Crippen molar-refractivity contribution < 1.29 is 19.2 Å². The standard InChI is InChI=1S/C13H16N2O5/c16-13(14-8-12-5-2-6-19-12)9-20-11-4-1-3-10(7-11)15(17)18/h1,3-4,7,12H,2,5-6,8-9H2,(H,14,16)/t12-/m0/s1. The monoisotopic (exact) mass is 280 g/mol. The molecule has 0 unspecified atom stereocenters. The number of rotatable bonds is 6. The van der Waals surface area contributed by atoms with Gasteiger partial charge < -0.3 is 14.8 Å². The van der Waals surface area contributed by atoms with Gasteiger partial charge in [-0.1, -0.05) is 6.07 Å². The fraction of sp³-hybridized carbons (Fsp3) is 0.462. The molecular weight excluding hydrogens is 264 g/mol. The third kappa shape index (κ3) is 4.20. The zero-order chi connectivity index (χ0) is 14.4. The summed E-state index contributed by atoms with van der Waals surface area (Å²) in [6.07, 6.45) is 2.05. The van der Waals surface area contributed by atoms with E-state index in [2.05, 4.69) is 5.32 Å². The molecule has 1 aliphatic heterocycles. The van der Waals surface area contributed by atoms with Crippen LogP contribution in [-0.2, 0) is 9.53 Å². The predicted molar refractivity (Wildman–Crippen MR) is 70.6 cm³/mol. The zero-order valence-corrected chi connectivity index (χ0v) is 10.9. The van der Waals surface area contributed by atoms with E-state index in [1.54, 1.807) is 6.07 Å². The Morgan fingerprint density at radius 1 is 1.55 bits per heavy atom. The Labute approximate surface area is 116 Å². The molecule has 0 aromatic heterocycles. The molecule has 1 aromatic rings. The van der Waals surface area contributed by atoms with Crippen molar-refractivity contribution in [3.63, 3.8) is 0 Å². The zero-order valence-electron chi connectivity index (χ0n) is 10.9. The van der Waals surface area contributed by atoms with Gasteiger partial charge in [0.1, 0.15) is 5.75 Å². The van der Waals surface area contributed by atoms with Crippen LogP contribution >= 0.6 is 0 Å². The number of nitrogens with one attached hydrogen (secondary N) is 1. The molecule has 1 amide bonds. The highest BCUT2D eigenvalue weighted by molar-refractivity contribution is 5.77. The number of ether oxygens (including phenoxy) is 2. The lowest BCUT2D eigenvalue weighted by molar-refractivity contribution is -0.384. The Bertz CT molecular complexity index is 485. The second kappa shape index (κ2) is 6.85. The molecule has 2 rings (SSSR count). The summed E-state index contributed by atoms with van der Waals surface area (Å²) in [7, 11) is 0. The van der Waals surface area contributed by atoms with E-state index in [1.165, 1.54) is 18.2 Å². The minimum absolute atomic E-state index is 0.0673. The molecule has 1 N–H and O–H groups in total. The van der Waals surface area contributed by atoms with Crippen LogP contribution in [0, 0.1) is 10.1 Å². The van der Waals surface area contributed by atoms with E-state index in [0.29, 0.717) is 12.3 Å². The smallest absolute Gasteiger partial charge is 0.273 e. The van der Waals surface area contributed by atoms with Crippen LogP contribution in [0.5, 0.6) is 5.75 Å². The van der Waals surface area contributed by atoms with Crippen LogP contribution in [0.25, 0.3) is 0 Å². The Kier molecular flexibility index (Phi) is 4.89. The second-order valence-corrected chi connectivity index (χ2v) is 4.48. The van der Waals surface area contributed by atoms with E-state index in [4.69, 9.17) is 9.47 Å². The molecule has 1 aliphatic rings. The van der Waals surface area contributed by atoms with Crippen LogP contribution < -0.4 is 10.1 Å². The Morgan fingerprint density at radius 2 is 2.40 bits per heavy atom. The van der Waals surface area contributed by atoms with Gasteiger partial charge >= 0.3 is 0 Å². The van der Waals surface area contributed by atoms with Crippen molar-refractivity contribution in [3.05, 3.63) is 34.4 Å². The van der Waals surface area contributed by atoms with E-state index in [9.17, 15) is 14.9 Å². The summed E-state index contributed by atoms with van der Waals surface area (Å²) in [6, 6.07) is 5.73. The van der Waals surface area contributed by atoms with Gasteiger partial charge in [-0.05, 0) is 18.9 Å². The highest BCUT2D eigenvalue weighted by Crippen LogP contribution is 2.18. The van der Waals surface area contributed by atoms with Crippen molar-refractivity contribution >= 4 is 11.6 Å². The highest BCUT2D eigenvalue weighted by atomic mass is 16.6. The first-order chi connectivity index (χ1) is 9.65. The van der Waals surface area contributed by atoms with Crippen molar-refractivity contribution in [1.82, 2.24) is 5.32 Å². The van der Waals surface area contributed by atoms with Crippen LogP contribution in [0.2, 0.25) is 0 Å². The van der Waals surface area contributed by atoms with Crippen molar-refractivity contribution in [1.29, 1.82) is 0 Å². The lowest BCUT2D eigenvalue weighted by atomic mass is 10.2. The molecular formula is C13H16N2O5. The van der Waals surface area contributed by atoms with Crippen LogP contribution in [-0.4, -0.2) is 36.7 Å². The molecule has 0 aliphatic carbocycles. The summed E-state index contributed by atoms with van der Waals surface area (Å²) in [5.41, 5.74) is -0.0673. The van der Waals surface area contributed by atoms with Gasteiger partial charge in [0.2, 0.25) is 0 Å². The van der Waals surface area contributed by atoms with Crippen LogP contribution in [0.1, 0.15) is 12.8 Å². The molecule has 0 spiro atoms. The molecule has 7 nitrogen and oxygen atoms in total. The number of nitrogens with zero attached hydrogens (tertiary/aromatic N) is 1. The first-order valence-electron chi connectivity index (χ1n) is 6.41. The molecule has 7 heteroatoms. The molecule has 1 fully saturated rings. The third-order valence-corrected chi connectivity index (χ3v) is 2.95. The van der Waals surface area contributed by atoms with Gasteiger partial charge in [-0.25, -0.2) is 0 Å². The molecule has 1 saturated heterocycles. The molecule has 0 radical (unpaired) electrons. The van der Waals surface area contributed by atoms with Gasteiger partial charge in [-0.3, -0.25) is 14.9 Å².